The molecule has 2 aromatic rings. The number of hydrogen-bond acceptors (Lipinski definition) is 3. The van der Waals surface area contributed by atoms with Crippen molar-refractivity contribution < 1.29 is 4.92 Å². The molecule has 0 amide bonds. The fourth-order valence-electron chi connectivity index (χ4n) is 2.01. The molecule has 1 aromatic carbocycles. The van der Waals surface area contributed by atoms with Crippen LogP contribution in [0, 0.1) is 10.1 Å². The van der Waals surface area contributed by atoms with Crippen LogP contribution in [0.15, 0.2) is 48.3 Å². The van der Waals surface area contributed by atoms with Crippen molar-refractivity contribution in [1.29, 1.82) is 0 Å². The van der Waals surface area contributed by atoms with E-state index in [0.29, 0.717) is 6.42 Å². The summed E-state index contributed by atoms with van der Waals surface area (Å²) in [5, 5.41) is 15.4. The smallest absolute Gasteiger partial charge is 0.252 e. The normalized spacial score (nSPS) is 11.6. The fourth-order valence-corrected chi connectivity index (χ4v) is 2.01. The van der Waals surface area contributed by atoms with E-state index < -0.39 is 0 Å². The van der Waals surface area contributed by atoms with Gasteiger partial charge in [-0.15, -0.1) is 0 Å². The Hall–Kier alpha value is -2.43. The lowest BCUT2D eigenvalue weighted by Crippen LogP contribution is -2.05. The highest BCUT2D eigenvalue weighted by atomic mass is 16.6. The second-order valence-corrected chi connectivity index (χ2v) is 4.53. The Morgan fingerprint density at radius 2 is 2.10 bits per heavy atom. The molecule has 0 spiro atoms. The largest absolute Gasteiger partial charge is 0.265 e. The van der Waals surface area contributed by atoms with Crippen molar-refractivity contribution in [1.82, 2.24) is 9.78 Å². The van der Waals surface area contributed by atoms with Gasteiger partial charge in [0, 0.05) is 18.8 Å². The van der Waals surface area contributed by atoms with E-state index in [-0.39, 0.29) is 10.6 Å². The highest BCUT2D eigenvalue weighted by Gasteiger charge is 2.13. The minimum atomic E-state index is -0.323. The van der Waals surface area contributed by atoms with Gasteiger partial charge in [-0.3, -0.25) is 14.8 Å². The molecule has 20 heavy (non-hydrogen) atoms. The summed E-state index contributed by atoms with van der Waals surface area (Å²) in [4.78, 5) is 10.9. The SMILES string of the molecule is CCCn1nccc1/C=C(/Cc1ccccc1)[N+](=O)[O-]. The molecule has 5 nitrogen and oxygen atoms in total. The summed E-state index contributed by atoms with van der Waals surface area (Å²) in [6.07, 6.45) is 4.53. The van der Waals surface area contributed by atoms with Crippen LogP contribution in [0.4, 0.5) is 0 Å². The molecule has 1 aromatic heterocycles. The van der Waals surface area contributed by atoms with Crippen LogP contribution in [0.5, 0.6) is 0 Å². The number of rotatable bonds is 6. The first kappa shape index (κ1) is 14.0. The highest BCUT2D eigenvalue weighted by molar-refractivity contribution is 5.47. The predicted octanol–water partition coefficient (Wildman–Crippen LogP) is 3.15. The third-order valence-electron chi connectivity index (χ3n) is 2.96. The maximum Gasteiger partial charge on any atom is 0.252 e. The number of hydrogen-bond donors (Lipinski definition) is 0. The molecule has 104 valence electrons. The van der Waals surface area contributed by atoms with Crippen molar-refractivity contribution in [3.63, 3.8) is 0 Å². The van der Waals surface area contributed by atoms with E-state index in [9.17, 15) is 10.1 Å². The summed E-state index contributed by atoms with van der Waals surface area (Å²) in [5.74, 6) is 0. The van der Waals surface area contributed by atoms with E-state index >= 15 is 0 Å². The molecule has 2 rings (SSSR count). The molecule has 0 atom stereocenters. The molecular formula is C15H17N3O2. The topological polar surface area (TPSA) is 61.0 Å². The van der Waals surface area contributed by atoms with Gasteiger partial charge >= 0.3 is 0 Å². The van der Waals surface area contributed by atoms with Gasteiger partial charge in [0.25, 0.3) is 5.70 Å². The third kappa shape index (κ3) is 3.54. The molecule has 0 saturated heterocycles. The summed E-state index contributed by atoms with van der Waals surface area (Å²) >= 11 is 0. The number of nitro groups is 1. The van der Waals surface area contributed by atoms with Crippen molar-refractivity contribution in [3.05, 3.63) is 69.7 Å². The minimum absolute atomic E-state index is 0.175. The Morgan fingerprint density at radius 3 is 2.75 bits per heavy atom. The van der Waals surface area contributed by atoms with Gasteiger partial charge in [-0.05, 0) is 18.1 Å². The second kappa shape index (κ2) is 6.65. The number of allylic oxidation sites excluding steroid dienone is 1. The summed E-state index contributed by atoms with van der Waals surface area (Å²) in [6.45, 7) is 2.81. The van der Waals surface area contributed by atoms with Gasteiger partial charge in [-0.1, -0.05) is 37.3 Å². The monoisotopic (exact) mass is 271 g/mol. The number of aromatic nitrogens is 2. The molecule has 0 saturated carbocycles. The molecule has 0 radical (unpaired) electrons. The van der Waals surface area contributed by atoms with Crippen molar-refractivity contribution in [2.75, 3.05) is 0 Å². The molecule has 0 bridgehead atoms. The summed E-state index contributed by atoms with van der Waals surface area (Å²) in [6, 6.07) is 11.2. The lowest BCUT2D eigenvalue weighted by Gasteiger charge is -2.03. The Kier molecular flexibility index (Phi) is 4.65. The third-order valence-corrected chi connectivity index (χ3v) is 2.96. The van der Waals surface area contributed by atoms with E-state index in [4.69, 9.17) is 0 Å². The molecule has 0 aliphatic rings. The zero-order chi connectivity index (χ0) is 14.4. The summed E-state index contributed by atoms with van der Waals surface area (Å²) in [7, 11) is 0. The van der Waals surface area contributed by atoms with Crippen molar-refractivity contribution in [3.8, 4) is 0 Å². The maximum absolute atomic E-state index is 11.2. The van der Waals surface area contributed by atoms with Crippen LogP contribution >= 0.6 is 0 Å². The van der Waals surface area contributed by atoms with Crippen LogP contribution in [-0.2, 0) is 13.0 Å². The fraction of sp³-hybridized carbons (Fsp3) is 0.267. The van der Waals surface area contributed by atoms with Crippen LogP contribution in [0.3, 0.4) is 0 Å². The highest BCUT2D eigenvalue weighted by Crippen LogP contribution is 2.13. The van der Waals surface area contributed by atoms with Gasteiger partial charge in [-0.25, -0.2) is 0 Å². The Balaban J connectivity index is 2.26. The van der Waals surface area contributed by atoms with E-state index in [1.165, 1.54) is 0 Å². The minimum Gasteiger partial charge on any atom is -0.265 e. The van der Waals surface area contributed by atoms with Crippen LogP contribution < -0.4 is 0 Å². The van der Waals surface area contributed by atoms with Gasteiger partial charge < -0.3 is 0 Å². The molecular weight excluding hydrogens is 254 g/mol. The average Bonchev–Trinajstić information content (AvgIpc) is 2.87. The Bertz CT molecular complexity index is 603. The van der Waals surface area contributed by atoms with Gasteiger partial charge in [-0.2, -0.15) is 5.10 Å². The van der Waals surface area contributed by atoms with E-state index in [1.54, 1.807) is 23.0 Å². The van der Waals surface area contributed by atoms with E-state index in [1.807, 2.05) is 37.3 Å². The number of benzene rings is 1. The quantitative estimate of drug-likeness (QED) is 0.599. The second-order valence-electron chi connectivity index (χ2n) is 4.53. The molecule has 0 aliphatic carbocycles. The van der Waals surface area contributed by atoms with Crippen molar-refractivity contribution >= 4 is 6.08 Å². The van der Waals surface area contributed by atoms with Crippen LogP contribution in [0.25, 0.3) is 6.08 Å². The van der Waals surface area contributed by atoms with Crippen LogP contribution in [0.2, 0.25) is 0 Å². The standard InChI is InChI=1S/C15H17N3O2/c1-2-10-17-14(8-9-16-17)12-15(18(19)20)11-13-6-4-3-5-7-13/h3-9,12H,2,10-11H2,1H3/b15-12-. The zero-order valence-corrected chi connectivity index (χ0v) is 11.4. The first-order valence-electron chi connectivity index (χ1n) is 6.61. The van der Waals surface area contributed by atoms with Gasteiger partial charge in [0.15, 0.2) is 0 Å². The molecule has 5 heteroatoms. The first-order valence-corrected chi connectivity index (χ1v) is 6.61. The lowest BCUT2D eigenvalue weighted by molar-refractivity contribution is -0.425. The zero-order valence-electron chi connectivity index (χ0n) is 11.4. The molecule has 0 unspecified atom stereocenters. The van der Waals surface area contributed by atoms with E-state index in [0.717, 1.165) is 24.2 Å². The number of aryl methyl sites for hydroxylation is 1. The van der Waals surface area contributed by atoms with Gasteiger partial charge in [0.05, 0.1) is 17.0 Å². The maximum atomic E-state index is 11.2. The number of nitrogens with zero attached hydrogens (tertiary/aromatic N) is 3. The molecule has 0 fully saturated rings. The molecule has 0 N–H and O–H groups in total. The van der Waals surface area contributed by atoms with Gasteiger partial charge in [0.1, 0.15) is 0 Å². The summed E-state index contributed by atoms with van der Waals surface area (Å²) in [5.41, 5.74) is 1.88. The van der Waals surface area contributed by atoms with E-state index in [2.05, 4.69) is 5.10 Å². The van der Waals surface area contributed by atoms with Crippen LogP contribution in [0.1, 0.15) is 24.6 Å². The molecule has 0 aliphatic heterocycles. The average molecular weight is 271 g/mol. The van der Waals surface area contributed by atoms with Gasteiger partial charge in [0.2, 0.25) is 0 Å². The lowest BCUT2D eigenvalue weighted by atomic mass is 10.1. The Morgan fingerprint density at radius 1 is 1.35 bits per heavy atom. The molecule has 1 heterocycles. The van der Waals surface area contributed by atoms with Crippen LogP contribution in [-0.4, -0.2) is 14.7 Å². The Labute approximate surface area is 117 Å². The predicted molar refractivity (Wildman–Crippen MR) is 77.6 cm³/mol. The first-order chi connectivity index (χ1) is 9.70. The summed E-state index contributed by atoms with van der Waals surface area (Å²) < 4.78 is 1.79. The van der Waals surface area contributed by atoms with Crippen molar-refractivity contribution in [2.45, 2.75) is 26.3 Å². The van der Waals surface area contributed by atoms with Crippen molar-refractivity contribution in [2.24, 2.45) is 0 Å².